The molecule has 0 spiro atoms. The highest BCUT2D eigenvalue weighted by molar-refractivity contribution is 6.31. The lowest BCUT2D eigenvalue weighted by atomic mass is 9.88. The Hall–Kier alpha value is -2.60. The number of carbonyl (C=O) groups excluding carboxylic acids is 1. The van der Waals surface area contributed by atoms with Crippen LogP contribution >= 0.6 is 11.6 Å². The minimum absolute atomic E-state index is 0.248. The summed E-state index contributed by atoms with van der Waals surface area (Å²) < 4.78 is 7.26. The minimum atomic E-state index is -0.248. The van der Waals surface area contributed by atoms with Crippen molar-refractivity contribution in [2.24, 2.45) is 5.92 Å². The topological polar surface area (TPSA) is 73.0 Å². The van der Waals surface area contributed by atoms with Crippen molar-refractivity contribution in [3.05, 3.63) is 63.3 Å². The maximum atomic E-state index is 12.9. The maximum absolute atomic E-state index is 12.9. The van der Waals surface area contributed by atoms with Gasteiger partial charge >= 0.3 is 0 Å². The van der Waals surface area contributed by atoms with Crippen LogP contribution in [0.4, 0.5) is 5.69 Å². The fourth-order valence-electron chi connectivity index (χ4n) is 3.75. The molecule has 1 aliphatic carbocycles. The molecule has 1 N–H and O–H groups in total. The summed E-state index contributed by atoms with van der Waals surface area (Å²) in [6.45, 7) is 6.54. The predicted octanol–water partition coefficient (Wildman–Crippen LogP) is 4.57. The fraction of sp³-hybridized carbons (Fsp3) is 0.381. The monoisotopic (exact) mass is 398 g/mol. The molecule has 0 bridgehead atoms. The second-order valence-corrected chi connectivity index (χ2v) is 7.94. The van der Waals surface area contributed by atoms with Crippen LogP contribution in [0.2, 0.25) is 5.02 Å². The van der Waals surface area contributed by atoms with Gasteiger partial charge in [-0.1, -0.05) is 41.9 Å². The van der Waals surface area contributed by atoms with Crippen molar-refractivity contribution in [1.82, 2.24) is 14.9 Å². The van der Waals surface area contributed by atoms with Crippen LogP contribution in [0.3, 0.4) is 0 Å². The highest BCUT2D eigenvalue weighted by atomic mass is 35.5. The molecule has 7 heteroatoms. The lowest BCUT2D eigenvalue weighted by Crippen LogP contribution is -2.18. The Morgan fingerprint density at radius 2 is 2.14 bits per heavy atom. The van der Waals surface area contributed by atoms with Gasteiger partial charge in [0.2, 0.25) is 0 Å². The van der Waals surface area contributed by atoms with E-state index >= 15 is 0 Å². The predicted molar refractivity (Wildman–Crippen MR) is 108 cm³/mol. The Balaban J connectivity index is 1.58. The lowest BCUT2D eigenvalue weighted by molar-refractivity contribution is 0.101. The van der Waals surface area contributed by atoms with Gasteiger partial charge in [-0.25, -0.2) is 0 Å². The zero-order valence-corrected chi connectivity index (χ0v) is 17.0. The molecule has 2 heterocycles. The van der Waals surface area contributed by atoms with Gasteiger partial charge in [-0.3, -0.25) is 9.48 Å². The summed E-state index contributed by atoms with van der Waals surface area (Å²) in [5.74, 6) is 1.12. The number of aromatic nitrogens is 3. The van der Waals surface area contributed by atoms with Crippen LogP contribution in [-0.2, 0) is 19.4 Å². The van der Waals surface area contributed by atoms with Crippen molar-refractivity contribution in [3.63, 3.8) is 0 Å². The van der Waals surface area contributed by atoms with E-state index in [4.69, 9.17) is 16.1 Å². The van der Waals surface area contributed by atoms with Crippen LogP contribution in [0.5, 0.6) is 0 Å². The van der Waals surface area contributed by atoms with E-state index in [-0.39, 0.29) is 5.91 Å². The number of anilines is 1. The smallest absolute Gasteiger partial charge is 0.278 e. The van der Waals surface area contributed by atoms with E-state index in [0.717, 1.165) is 47.5 Å². The SMILES string of the molecule is Cc1nn(Cc2ccccc2Cl)c(C)c1NC(=O)c1noc2c1CC(C)CC2. The second-order valence-electron chi connectivity index (χ2n) is 7.53. The Morgan fingerprint density at radius 3 is 2.93 bits per heavy atom. The third-order valence-electron chi connectivity index (χ3n) is 5.40. The largest absolute Gasteiger partial charge is 0.360 e. The van der Waals surface area contributed by atoms with Gasteiger partial charge in [0.05, 0.1) is 23.6 Å². The summed E-state index contributed by atoms with van der Waals surface area (Å²) in [5, 5.41) is 12.3. The average Bonchev–Trinajstić information content (AvgIpc) is 3.19. The zero-order chi connectivity index (χ0) is 19.8. The van der Waals surface area contributed by atoms with Crippen LogP contribution in [0.15, 0.2) is 28.8 Å². The highest BCUT2D eigenvalue weighted by Gasteiger charge is 2.28. The molecule has 1 amide bonds. The highest BCUT2D eigenvalue weighted by Crippen LogP contribution is 2.29. The van der Waals surface area contributed by atoms with Crippen LogP contribution in [0.1, 0.15) is 52.1 Å². The van der Waals surface area contributed by atoms with Crippen LogP contribution < -0.4 is 5.32 Å². The number of hydrogen-bond donors (Lipinski definition) is 1. The van der Waals surface area contributed by atoms with Gasteiger partial charge in [0.15, 0.2) is 5.69 Å². The molecule has 1 aromatic carbocycles. The number of amides is 1. The molecule has 2 aromatic heterocycles. The third kappa shape index (κ3) is 3.44. The molecular weight excluding hydrogens is 376 g/mol. The second kappa shape index (κ2) is 7.43. The Labute approximate surface area is 168 Å². The van der Waals surface area contributed by atoms with Crippen molar-refractivity contribution in [2.75, 3.05) is 5.32 Å². The standard InChI is InChI=1S/C21H23ClN4O2/c1-12-8-9-18-16(10-12)20(25-28-18)21(27)23-19-13(2)24-26(14(19)3)11-15-6-4-5-7-17(15)22/h4-7,12H,8-11H2,1-3H3,(H,23,27). The number of benzene rings is 1. The van der Waals surface area contributed by atoms with Crippen molar-refractivity contribution in [1.29, 1.82) is 0 Å². The molecule has 1 aliphatic rings. The quantitative estimate of drug-likeness (QED) is 0.698. The molecule has 0 radical (unpaired) electrons. The van der Waals surface area contributed by atoms with Gasteiger partial charge in [0, 0.05) is 17.0 Å². The summed E-state index contributed by atoms with van der Waals surface area (Å²) in [4.78, 5) is 12.9. The fourth-order valence-corrected chi connectivity index (χ4v) is 3.94. The molecular formula is C21H23ClN4O2. The number of aryl methyl sites for hydroxylation is 2. The van der Waals surface area contributed by atoms with Crippen molar-refractivity contribution >= 4 is 23.2 Å². The van der Waals surface area contributed by atoms with Crippen LogP contribution in [0.25, 0.3) is 0 Å². The number of halogens is 1. The number of nitrogens with one attached hydrogen (secondary N) is 1. The summed E-state index contributed by atoms with van der Waals surface area (Å²) in [7, 11) is 0. The molecule has 6 nitrogen and oxygen atoms in total. The molecule has 0 saturated carbocycles. The van der Waals surface area contributed by atoms with E-state index in [9.17, 15) is 4.79 Å². The summed E-state index contributed by atoms with van der Waals surface area (Å²) in [5.41, 5.74) is 4.64. The van der Waals surface area contributed by atoms with Gasteiger partial charge < -0.3 is 9.84 Å². The lowest BCUT2D eigenvalue weighted by Gasteiger charge is -2.16. The first-order valence-corrected chi connectivity index (χ1v) is 9.88. The van der Waals surface area contributed by atoms with E-state index in [2.05, 4.69) is 22.5 Å². The Kier molecular flexibility index (Phi) is 4.98. The van der Waals surface area contributed by atoms with E-state index in [1.807, 2.05) is 42.8 Å². The van der Waals surface area contributed by atoms with Crippen molar-refractivity contribution in [2.45, 2.75) is 46.6 Å². The van der Waals surface area contributed by atoms with E-state index in [0.29, 0.717) is 28.9 Å². The van der Waals surface area contributed by atoms with E-state index in [1.54, 1.807) is 0 Å². The van der Waals surface area contributed by atoms with Gasteiger partial charge in [0.25, 0.3) is 5.91 Å². The molecule has 4 rings (SSSR count). The zero-order valence-electron chi connectivity index (χ0n) is 16.3. The Bertz CT molecular complexity index is 1040. The normalized spacial score (nSPS) is 16.1. The molecule has 0 fully saturated rings. The van der Waals surface area contributed by atoms with Gasteiger partial charge in [-0.05, 0) is 44.2 Å². The Morgan fingerprint density at radius 1 is 1.36 bits per heavy atom. The van der Waals surface area contributed by atoms with Crippen molar-refractivity contribution in [3.8, 4) is 0 Å². The first-order chi connectivity index (χ1) is 13.4. The molecule has 146 valence electrons. The summed E-state index contributed by atoms with van der Waals surface area (Å²) in [6.07, 6.45) is 2.73. The molecule has 0 saturated heterocycles. The molecule has 28 heavy (non-hydrogen) atoms. The average molecular weight is 399 g/mol. The molecule has 3 aromatic rings. The minimum Gasteiger partial charge on any atom is -0.360 e. The number of fused-ring (bicyclic) bond motifs is 1. The molecule has 1 atom stereocenters. The first kappa shape index (κ1) is 18.7. The van der Waals surface area contributed by atoms with Gasteiger partial charge in [-0.15, -0.1) is 0 Å². The van der Waals surface area contributed by atoms with Crippen LogP contribution in [0, 0.1) is 19.8 Å². The number of nitrogens with zero attached hydrogens (tertiary/aromatic N) is 3. The van der Waals surface area contributed by atoms with E-state index < -0.39 is 0 Å². The molecule has 1 unspecified atom stereocenters. The molecule has 0 aliphatic heterocycles. The maximum Gasteiger partial charge on any atom is 0.278 e. The van der Waals surface area contributed by atoms with Gasteiger partial charge in [-0.2, -0.15) is 5.10 Å². The van der Waals surface area contributed by atoms with Crippen LogP contribution in [-0.4, -0.2) is 20.8 Å². The number of carbonyl (C=O) groups is 1. The number of hydrogen-bond acceptors (Lipinski definition) is 4. The van der Waals surface area contributed by atoms with Gasteiger partial charge in [0.1, 0.15) is 5.76 Å². The summed E-state index contributed by atoms with van der Waals surface area (Å²) >= 11 is 6.27. The van der Waals surface area contributed by atoms with E-state index in [1.165, 1.54) is 0 Å². The summed E-state index contributed by atoms with van der Waals surface area (Å²) in [6, 6.07) is 7.68. The van der Waals surface area contributed by atoms with Crippen molar-refractivity contribution < 1.29 is 9.32 Å². The first-order valence-electron chi connectivity index (χ1n) is 9.50. The number of rotatable bonds is 4. The third-order valence-corrected chi connectivity index (χ3v) is 5.77.